The first-order valence-electron chi connectivity index (χ1n) is 4.58. The highest BCUT2D eigenvalue weighted by atomic mass is 35.5. The third-order valence-electron chi connectivity index (χ3n) is 1.88. The number of hydrogen-bond donors (Lipinski definition) is 2. The fourth-order valence-electron chi connectivity index (χ4n) is 1.04. The molecule has 1 fully saturated rings. The zero-order chi connectivity index (χ0) is 13.9. The van der Waals surface area contributed by atoms with E-state index in [-0.39, 0.29) is 22.6 Å². The summed E-state index contributed by atoms with van der Waals surface area (Å²) in [5, 5.41) is 4.41. The molecule has 0 saturated carbocycles. The first kappa shape index (κ1) is 15.0. The quantitative estimate of drug-likeness (QED) is 0.749. The van der Waals surface area contributed by atoms with Crippen LogP contribution in [0, 0.1) is 0 Å². The molecule has 1 aliphatic rings. The summed E-state index contributed by atoms with van der Waals surface area (Å²) in [7, 11) is -2.64. The summed E-state index contributed by atoms with van der Waals surface area (Å²) in [5.41, 5.74) is -0.0843. The van der Waals surface area contributed by atoms with E-state index in [1.165, 1.54) is 13.1 Å². The van der Waals surface area contributed by atoms with Gasteiger partial charge >= 0.3 is 16.2 Å². The van der Waals surface area contributed by atoms with E-state index in [0.717, 1.165) is 4.31 Å². The molecule has 1 heterocycles. The molecule has 2 N–H and O–H groups in total. The molecule has 0 aromatic heterocycles. The van der Waals surface area contributed by atoms with E-state index < -0.39 is 16.2 Å². The fourth-order valence-corrected chi connectivity index (χ4v) is 2.11. The number of rotatable bonds is 4. The number of halogens is 2. The lowest BCUT2D eigenvalue weighted by Gasteiger charge is -2.11. The zero-order valence-corrected chi connectivity index (χ0v) is 11.6. The van der Waals surface area contributed by atoms with Crippen LogP contribution in [0.2, 0.25) is 0 Å². The molecule has 2 amide bonds. The van der Waals surface area contributed by atoms with E-state index in [1.54, 1.807) is 0 Å². The molecule has 10 heteroatoms. The first-order valence-corrected chi connectivity index (χ1v) is 6.74. The van der Waals surface area contributed by atoms with Crippen LogP contribution in [-0.2, 0) is 10.2 Å². The van der Waals surface area contributed by atoms with E-state index in [2.05, 4.69) is 21.6 Å². The number of carbonyl (C=O) groups is 1. The number of nitrogens with zero attached hydrogens (tertiary/aromatic N) is 2. The number of nitrogens with one attached hydrogen (secondary N) is 2. The van der Waals surface area contributed by atoms with Gasteiger partial charge in [-0.15, -0.1) is 11.0 Å². The lowest BCUT2D eigenvalue weighted by molar-refractivity contribution is 0.250. The minimum Gasteiger partial charge on any atom is -0.302 e. The number of amidine groups is 1. The highest BCUT2D eigenvalue weighted by Crippen LogP contribution is 2.16. The third kappa shape index (κ3) is 3.45. The van der Waals surface area contributed by atoms with Crippen LogP contribution in [0.3, 0.4) is 0 Å². The lowest BCUT2D eigenvalue weighted by Crippen LogP contribution is -2.29. The fraction of sp³-hybridized carbons (Fsp3) is 0.250. The number of amides is 2. The molecule has 1 saturated heterocycles. The summed E-state index contributed by atoms with van der Waals surface area (Å²) in [6.45, 7) is 3.49. The summed E-state index contributed by atoms with van der Waals surface area (Å²) in [6, 6.07) is -0.663. The second-order valence-corrected chi connectivity index (χ2v) is 5.85. The van der Waals surface area contributed by atoms with Crippen LogP contribution in [0.1, 0.15) is 0 Å². The Bertz CT molecular complexity index is 537. The van der Waals surface area contributed by atoms with Crippen molar-refractivity contribution in [1.29, 1.82) is 0 Å². The summed E-state index contributed by atoms with van der Waals surface area (Å²) < 4.78 is 27.6. The Morgan fingerprint density at radius 1 is 1.50 bits per heavy atom. The highest BCUT2D eigenvalue weighted by molar-refractivity contribution is 7.87. The summed E-state index contributed by atoms with van der Waals surface area (Å²) >= 11 is 11.0. The normalized spacial score (nSPS) is 17.9. The van der Waals surface area contributed by atoms with E-state index in [1.807, 2.05) is 0 Å². The Balaban J connectivity index is 3.13. The molecular formula is C8H10Cl2N4O3S. The average molecular weight is 313 g/mol. The van der Waals surface area contributed by atoms with Crippen molar-refractivity contribution in [3.63, 3.8) is 0 Å². The highest BCUT2D eigenvalue weighted by Gasteiger charge is 2.27. The number of hydrogen-bond acceptors (Lipinski definition) is 3. The van der Waals surface area contributed by atoms with E-state index in [9.17, 15) is 13.2 Å². The molecule has 1 aliphatic heterocycles. The van der Waals surface area contributed by atoms with Crippen molar-refractivity contribution < 1.29 is 13.2 Å². The summed E-state index contributed by atoms with van der Waals surface area (Å²) in [5.74, 6) is -0.254. The van der Waals surface area contributed by atoms with Gasteiger partial charge in [-0.25, -0.2) is 4.79 Å². The molecular weight excluding hydrogens is 303 g/mol. The Morgan fingerprint density at radius 2 is 2.11 bits per heavy atom. The monoisotopic (exact) mass is 312 g/mol. The third-order valence-corrected chi connectivity index (χ3v) is 3.61. The molecule has 7 nitrogen and oxygen atoms in total. The minimum atomic E-state index is -3.95. The van der Waals surface area contributed by atoms with Crippen LogP contribution >= 0.6 is 23.2 Å². The topological polar surface area (TPSA) is 90.9 Å². The van der Waals surface area contributed by atoms with Gasteiger partial charge in [0.15, 0.2) is 5.84 Å². The van der Waals surface area contributed by atoms with E-state index >= 15 is 0 Å². The largest absolute Gasteiger partial charge is 0.325 e. The SMILES string of the molecule is C=CCN(C)S(=O)(=O)N=C1NC(=O)NC1=C(Cl)Cl. The first-order chi connectivity index (χ1) is 8.27. The van der Waals surface area contributed by atoms with Gasteiger partial charge in [0.25, 0.3) is 0 Å². The van der Waals surface area contributed by atoms with Crippen LogP contribution in [0.4, 0.5) is 4.79 Å². The second-order valence-electron chi connectivity index (χ2n) is 3.20. The molecule has 0 aromatic rings. The number of carbonyl (C=O) groups excluding carboxylic acids is 1. The summed E-state index contributed by atoms with van der Waals surface area (Å²) in [4.78, 5) is 11.1. The molecule has 100 valence electrons. The van der Waals surface area contributed by atoms with Crippen molar-refractivity contribution in [3.8, 4) is 0 Å². The van der Waals surface area contributed by atoms with Gasteiger partial charge < -0.3 is 5.32 Å². The van der Waals surface area contributed by atoms with Gasteiger partial charge in [0.2, 0.25) is 0 Å². The van der Waals surface area contributed by atoms with Crippen molar-refractivity contribution >= 4 is 45.3 Å². The Morgan fingerprint density at radius 3 is 2.61 bits per heavy atom. The molecule has 0 unspecified atom stereocenters. The molecule has 0 aromatic carbocycles. The van der Waals surface area contributed by atoms with Crippen LogP contribution in [0.25, 0.3) is 0 Å². The maximum Gasteiger partial charge on any atom is 0.325 e. The van der Waals surface area contributed by atoms with Gasteiger partial charge in [-0.05, 0) is 0 Å². The molecule has 0 aliphatic carbocycles. The molecule has 0 bridgehead atoms. The predicted molar refractivity (Wildman–Crippen MR) is 69.6 cm³/mol. The standard InChI is InChI=1S/C8H10Cl2N4O3S/c1-3-4-14(2)18(16,17)13-7-5(6(9)10)11-8(15)12-7/h3H,1,4H2,2H3,(H2,11,12,13,15). The van der Waals surface area contributed by atoms with Gasteiger partial charge in [-0.2, -0.15) is 12.7 Å². The van der Waals surface area contributed by atoms with Crippen LogP contribution in [0.15, 0.2) is 27.2 Å². The second kappa shape index (κ2) is 5.70. The molecule has 1 rings (SSSR count). The van der Waals surface area contributed by atoms with Crippen molar-refractivity contribution in [1.82, 2.24) is 14.9 Å². The molecule has 18 heavy (non-hydrogen) atoms. The maximum atomic E-state index is 11.8. The number of urea groups is 1. The van der Waals surface area contributed by atoms with Gasteiger partial charge in [0.05, 0.1) is 0 Å². The van der Waals surface area contributed by atoms with Crippen molar-refractivity contribution in [2.24, 2.45) is 4.40 Å². The smallest absolute Gasteiger partial charge is 0.302 e. The maximum absolute atomic E-state index is 11.8. The minimum absolute atomic E-state index is 0.0775. The predicted octanol–water partition coefficient (Wildman–Crippen LogP) is 0.707. The van der Waals surface area contributed by atoms with Crippen LogP contribution < -0.4 is 10.6 Å². The van der Waals surface area contributed by atoms with Crippen molar-refractivity contribution in [2.45, 2.75) is 0 Å². The Hall–Kier alpha value is -1.09. The van der Waals surface area contributed by atoms with Crippen LogP contribution in [-0.4, -0.2) is 38.2 Å². The van der Waals surface area contributed by atoms with Gasteiger partial charge in [-0.1, -0.05) is 29.3 Å². The Kier molecular flexibility index (Phi) is 4.74. The number of likely N-dealkylation sites (N-methyl/N-ethyl adjacent to an activating group) is 1. The Labute approximate surface area is 114 Å². The molecule has 0 atom stereocenters. The van der Waals surface area contributed by atoms with Gasteiger partial charge in [0, 0.05) is 13.6 Å². The molecule has 0 spiro atoms. The van der Waals surface area contributed by atoms with E-state index in [4.69, 9.17) is 23.2 Å². The zero-order valence-electron chi connectivity index (χ0n) is 9.27. The van der Waals surface area contributed by atoms with Crippen molar-refractivity contribution in [2.75, 3.05) is 13.6 Å². The van der Waals surface area contributed by atoms with Gasteiger partial charge in [0.1, 0.15) is 10.2 Å². The van der Waals surface area contributed by atoms with Crippen LogP contribution in [0.5, 0.6) is 0 Å². The van der Waals surface area contributed by atoms with Crippen molar-refractivity contribution in [3.05, 3.63) is 22.8 Å². The van der Waals surface area contributed by atoms with Gasteiger partial charge in [-0.3, -0.25) is 5.32 Å². The summed E-state index contributed by atoms with van der Waals surface area (Å²) in [6.07, 6.45) is 1.40. The van der Waals surface area contributed by atoms with E-state index in [0.29, 0.717) is 0 Å². The lowest BCUT2D eigenvalue weighted by atomic mass is 10.5. The average Bonchev–Trinajstić information content (AvgIpc) is 2.59. The molecule has 0 radical (unpaired) electrons.